The van der Waals surface area contributed by atoms with E-state index >= 15 is 0 Å². The molecule has 3 heterocycles. The molecule has 2 aromatic rings. The lowest BCUT2D eigenvalue weighted by molar-refractivity contribution is 0.0857. The third-order valence-corrected chi connectivity index (χ3v) is 3.98. The Morgan fingerprint density at radius 1 is 1.08 bits per heavy atom. The molecule has 130 valence electrons. The maximum Gasteiger partial charge on any atom is 0.253 e. The van der Waals surface area contributed by atoms with E-state index in [1.807, 2.05) is 12.1 Å². The summed E-state index contributed by atoms with van der Waals surface area (Å²) in [6.45, 7) is 1.60. The van der Waals surface area contributed by atoms with Crippen molar-refractivity contribution in [2.75, 3.05) is 13.2 Å². The van der Waals surface area contributed by atoms with Crippen LogP contribution in [0.15, 0.2) is 43.0 Å². The van der Waals surface area contributed by atoms with E-state index in [-0.39, 0.29) is 17.9 Å². The number of pyridine rings is 2. The summed E-state index contributed by atoms with van der Waals surface area (Å²) in [5.41, 5.74) is 1.65. The molecule has 2 aromatic heterocycles. The molecule has 1 fully saturated rings. The molecule has 0 spiro atoms. The van der Waals surface area contributed by atoms with Crippen molar-refractivity contribution in [3.63, 3.8) is 0 Å². The Hall–Kier alpha value is -2.80. The van der Waals surface area contributed by atoms with Gasteiger partial charge in [0.1, 0.15) is 0 Å². The fourth-order valence-corrected chi connectivity index (χ4v) is 2.59. The minimum atomic E-state index is -0.280. The number of carbonyl (C=O) groups excluding carboxylic acids is 2. The fraction of sp³-hybridized carbons (Fsp3) is 0.333. The van der Waals surface area contributed by atoms with Crippen LogP contribution in [0.3, 0.4) is 0 Å². The van der Waals surface area contributed by atoms with E-state index in [1.54, 1.807) is 18.5 Å². The van der Waals surface area contributed by atoms with Gasteiger partial charge in [-0.25, -0.2) is 0 Å². The maximum atomic E-state index is 12.2. The van der Waals surface area contributed by atoms with Crippen molar-refractivity contribution in [2.24, 2.45) is 0 Å². The molecule has 1 saturated heterocycles. The molecule has 0 aromatic carbocycles. The summed E-state index contributed by atoms with van der Waals surface area (Å²) < 4.78 is 5.48. The lowest BCUT2D eigenvalue weighted by atomic mass is 10.1. The first kappa shape index (κ1) is 17.0. The van der Waals surface area contributed by atoms with E-state index in [2.05, 4.69) is 20.6 Å². The van der Waals surface area contributed by atoms with Gasteiger partial charge in [-0.1, -0.05) is 0 Å². The topological polar surface area (TPSA) is 93.2 Å². The van der Waals surface area contributed by atoms with Crippen LogP contribution >= 0.6 is 0 Å². The van der Waals surface area contributed by atoms with Crippen LogP contribution in [0.2, 0.25) is 0 Å². The molecule has 7 heteroatoms. The van der Waals surface area contributed by atoms with Crippen LogP contribution < -0.4 is 10.6 Å². The molecule has 1 aliphatic heterocycles. The zero-order chi connectivity index (χ0) is 17.5. The summed E-state index contributed by atoms with van der Waals surface area (Å²) in [5, 5.41) is 5.62. The second-order valence-corrected chi connectivity index (χ2v) is 5.85. The van der Waals surface area contributed by atoms with Crippen molar-refractivity contribution in [3.8, 4) is 0 Å². The molecule has 25 heavy (non-hydrogen) atoms. The highest BCUT2D eigenvalue weighted by Crippen LogP contribution is 2.11. The van der Waals surface area contributed by atoms with Gasteiger partial charge in [0.25, 0.3) is 11.8 Å². The Kier molecular flexibility index (Phi) is 5.69. The number of rotatable bonds is 6. The summed E-state index contributed by atoms with van der Waals surface area (Å²) in [7, 11) is 0. The van der Waals surface area contributed by atoms with Crippen molar-refractivity contribution in [1.29, 1.82) is 0 Å². The number of hydrogen-bond acceptors (Lipinski definition) is 5. The highest BCUT2D eigenvalue weighted by Gasteiger charge is 2.17. The molecule has 0 radical (unpaired) electrons. The van der Waals surface area contributed by atoms with E-state index in [0.717, 1.165) is 25.0 Å². The van der Waals surface area contributed by atoms with Crippen molar-refractivity contribution in [2.45, 2.75) is 25.5 Å². The summed E-state index contributed by atoms with van der Waals surface area (Å²) in [5.74, 6) is -0.537. The number of hydrogen-bond donors (Lipinski definition) is 2. The third kappa shape index (κ3) is 4.84. The van der Waals surface area contributed by atoms with Gasteiger partial charge in [-0.15, -0.1) is 0 Å². The first-order chi connectivity index (χ1) is 12.2. The number of nitrogens with zero attached hydrogens (tertiary/aromatic N) is 2. The van der Waals surface area contributed by atoms with Gasteiger partial charge in [-0.2, -0.15) is 0 Å². The standard InChI is InChI=1S/C18H20N4O3/c23-17(21-9-13-3-5-19-6-4-13)14-8-15(11-20-10-14)18(24)22-12-16-2-1-7-25-16/h3-6,8,10-11,16H,1-2,7,9,12H2,(H,21,23)(H,22,24). The highest BCUT2D eigenvalue weighted by atomic mass is 16.5. The van der Waals surface area contributed by atoms with Gasteiger partial charge in [0.05, 0.1) is 17.2 Å². The number of amides is 2. The molecule has 2 amide bonds. The lowest BCUT2D eigenvalue weighted by Gasteiger charge is -2.11. The molecule has 3 rings (SSSR count). The van der Waals surface area contributed by atoms with Crippen molar-refractivity contribution < 1.29 is 14.3 Å². The molecule has 2 N–H and O–H groups in total. The van der Waals surface area contributed by atoms with E-state index in [4.69, 9.17) is 4.74 Å². The van der Waals surface area contributed by atoms with Crippen molar-refractivity contribution in [1.82, 2.24) is 20.6 Å². The van der Waals surface area contributed by atoms with E-state index in [9.17, 15) is 9.59 Å². The molecular formula is C18H20N4O3. The third-order valence-electron chi connectivity index (χ3n) is 3.98. The van der Waals surface area contributed by atoms with E-state index < -0.39 is 0 Å². The predicted molar refractivity (Wildman–Crippen MR) is 91.0 cm³/mol. The number of ether oxygens (including phenoxy) is 1. The van der Waals surface area contributed by atoms with E-state index in [1.165, 1.54) is 12.4 Å². The Balaban J connectivity index is 1.56. The second kappa shape index (κ2) is 8.34. The highest BCUT2D eigenvalue weighted by molar-refractivity contribution is 5.99. The smallest absolute Gasteiger partial charge is 0.253 e. The second-order valence-electron chi connectivity index (χ2n) is 5.85. The predicted octanol–water partition coefficient (Wildman–Crippen LogP) is 1.32. The van der Waals surface area contributed by atoms with Gasteiger partial charge >= 0.3 is 0 Å². The Labute approximate surface area is 145 Å². The lowest BCUT2D eigenvalue weighted by Crippen LogP contribution is -2.32. The molecular weight excluding hydrogens is 320 g/mol. The van der Waals surface area contributed by atoms with Crippen LogP contribution in [0.4, 0.5) is 0 Å². The first-order valence-corrected chi connectivity index (χ1v) is 8.24. The van der Waals surface area contributed by atoms with Crippen molar-refractivity contribution in [3.05, 3.63) is 59.7 Å². The molecule has 7 nitrogen and oxygen atoms in total. The summed E-state index contributed by atoms with van der Waals surface area (Å²) in [6.07, 6.45) is 8.28. The SMILES string of the molecule is O=C(NCc1ccncc1)c1cncc(C(=O)NCC2CCCO2)c1. The van der Waals surface area contributed by atoms with Gasteiger partial charge < -0.3 is 15.4 Å². The van der Waals surface area contributed by atoms with Crippen LogP contribution in [0.25, 0.3) is 0 Å². The average Bonchev–Trinajstić information content (AvgIpc) is 3.18. The fourth-order valence-electron chi connectivity index (χ4n) is 2.59. The minimum absolute atomic E-state index is 0.0729. The molecule has 0 bridgehead atoms. The van der Waals surface area contributed by atoms with Gasteiger partial charge in [-0.05, 0) is 36.6 Å². The van der Waals surface area contributed by atoms with Gasteiger partial charge in [0.2, 0.25) is 0 Å². The quantitative estimate of drug-likeness (QED) is 0.827. The minimum Gasteiger partial charge on any atom is -0.376 e. The molecule has 1 atom stereocenters. The van der Waals surface area contributed by atoms with Gasteiger partial charge in [-0.3, -0.25) is 19.6 Å². The van der Waals surface area contributed by atoms with Crippen molar-refractivity contribution >= 4 is 11.8 Å². The van der Waals surface area contributed by atoms with Crippen LogP contribution in [-0.4, -0.2) is 41.0 Å². The van der Waals surface area contributed by atoms with Crippen LogP contribution in [0.5, 0.6) is 0 Å². The first-order valence-electron chi connectivity index (χ1n) is 8.24. The monoisotopic (exact) mass is 340 g/mol. The summed E-state index contributed by atoms with van der Waals surface area (Å²) in [4.78, 5) is 32.4. The number of carbonyl (C=O) groups is 2. The average molecular weight is 340 g/mol. The van der Waals surface area contributed by atoms with Crippen LogP contribution in [0, 0.1) is 0 Å². The zero-order valence-electron chi connectivity index (χ0n) is 13.8. The Morgan fingerprint density at radius 2 is 1.80 bits per heavy atom. The Morgan fingerprint density at radius 3 is 2.48 bits per heavy atom. The largest absolute Gasteiger partial charge is 0.376 e. The van der Waals surface area contributed by atoms with Crippen LogP contribution in [-0.2, 0) is 11.3 Å². The normalized spacial score (nSPS) is 16.4. The summed E-state index contributed by atoms with van der Waals surface area (Å²) in [6, 6.07) is 5.20. The maximum absolute atomic E-state index is 12.2. The number of aromatic nitrogens is 2. The van der Waals surface area contributed by atoms with Crippen LogP contribution in [0.1, 0.15) is 39.1 Å². The van der Waals surface area contributed by atoms with Gasteiger partial charge in [0.15, 0.2) is 0 Å². The van der Waals surface area contributed by atoms with Gasteiger partial charge in [0, 0.05) is 44.5 Å². The molecule has 0 aliphatic carbocycles. The molecule has 1 aliphatic rings. The summed E-state index contributed by atoms with van der Waals surface area (Å²) >= 11 is 0. The zero-order valence-corrected chi connectivity index (χ0v) is 13.8. The molecule has 0 saturated carbocycles. The van der Waals surface area contributed by atoms with E-state index in [0.29, 0.717) is 24.2 Å². The Bertz CT molecular complexity index is 730. The number of nitrogens with one attached hydrogen (secondary N) is 2. The molecule has 1 unspecified atom stereocenters.